The summed E-state index contributed by atoms with van der Waals surface area (Å²) in [6, 6.07) is 2.39. The predicted octanol–water partition coefficient (Wildman–Crippen LogP) is 2.18. The summed E-state index contributed by atoms with van der Waals surface area (Å²) in [5.74, 6) is -4.45. The largest absolute Gasteiger partial charge is 0.481 e. The fourth-order valence-corrected chi connectivity index (χ4v) is 4.03. The molecule has 0 unspecified atom stereocenters. The number of primary amides is 1. The summed E-state index contributed by atoms with van der Waals surface area (Å²) >= 11 is 0. The van der Waals surface area contributed by atoms with Gasteiger partial charge in [0.15, 0.2) is 0 Å². The van der Waals surface area contributed by atoms with Crippen molar-refractivity contribution in [2.24, 2.45) is 22.5 Å². The first kappa shape index (κ1) is 41.3. The minimum Gasteiger partial charge on any atom is -0.481 e. The van der Waals surface area contributed by atoms with Gasteiger partial charge in [-0.3, -0.25) is 28.8 Å². The van der Waals surface area contributed by atoms with Crippen LogP contribution in [0.4, 0.5) is 10.5 Å². The molecule has 15 nitrogen and oxygen atoms in total. The molecule has 1 aromatic rings. The standard InChI is InChI=1S/C33H52N6O9/c1-19(2)25(39-27(43)23(15-16-24(40)41)38-29(45)32(3,4)5)28(44)37-22(10-9-17-35-31(34)47)26(42)36-21-13-11-20(12-14-21)18-48-30(46)33(6,7)8/h11-14,19,22-23,25H,9-10,15-18H2,1-8H3,(H,36,42)(H,37,44)(H,38,45)(H,39,43)(H,40,41)(H3,34,35,47)/t22-,23+,25-/m0/s1. The first-order valence-electron chi connectivity index (χ1n) is 15.9. The lowest BCUT2D eigenvalue weighted by atomic mass is 9.94. The molecule has 0 saturated carbocycles. The molecular formula is C33H52N6O9. The Kier molecular flexibility index (Phi) is 16.0. The zero-order chi connectivity index (χ0) is 36.8. The van der Waals surface area contributed by atoms with Gasteiger partial charge in [-0.15, -0.1) is 0 Å². The van der Waals surface area contributed by atoms with E-state index in [2.05, 4.69) is 26.6 Å². The first-order valence-corrected chi connectivity index (χ1v) is 15.9. The summed E-state index contributed by atoms with van der Waals surface area (Å²) in [5.41, 5.74) is 4.73. The van der Waals surface area contributed by atoms with Gasteiger partial charge in [-0.2, -0.15) is 0 Å². The summed E-state index contributed by atoms with van der Waals surface area (Å²) in [4.78, 5) is 87.2. The Balaban J connectivity index is 3.11. The van der Waals surface area contributed by atoms with Crippen molar-refractivity contribution in [2.75, 3.05) is 11.9 Å². The third kappa shape index (κ3) is 15.3. The van der Waals surface area contributed by atoms with Crippen LogP contribution in [0.3, 0.4) is 0 Å². The average Bonchev–Trinajstić information content (AvgIpc) is 2.97. The highest BCUT2D eigenvalue weighted by Gasteiger charge is 2.33. The second-order valence-corrected chi connectivity index (χ2v) is 13.9. The van der Waals surface area contributed by atoms with Crippen LogP contribution in [0.25, 0.3) is 0 Å². The highest BCUT2D eigenvalue weighted by atomic mass is 16.5. The zero-order valence-electron chi connectivity index (χ0n) is 29.2. The third-order valence-corrected chi connectivity index (χ3v) is 7.00. The number of carbonyl (C=O) groups excluding carboxylic acids is 6. The van der Waals surface area contributed by atoms with Gasteiger partial charge >= 0.3 is 18.0 Å². The van der Waals surface area contributed by atoms with Gasteiger partial charge in [-0.25, -0.2) is 4.79 Å². The normalized spacial score (nSPS) is 13.4. The highest BCUT2D eigenvalue weighted by Crippen LogP contribution is 2.18. The van der Waals surface area contributed by atoms with Crippen LogP contribution in [-0.4, -0.2) is 71.4 Å². The molecule has 0 spiro atoms. The van der Waals surface area contributed by atoms with Gasteiger partial charge in [0, 0.05) is 24.1 Å². The van der Waals surface area contributed by atoms with E-state index in [1.165, 1.54) is 0 Å². The smallest absolute Gasteiger partial charge is 0.312 e. The number of ether oxygens (including phenoxy) is 1. The molecule has 3 atom stereocenters. The Morgan fingerprint density at radius 2 is 1.38 bits per heavy atom. The van der Waals surface area contributed by atoms with Gasteiger partial charge in [0.25, 0.3) is 0 Å². The molecule has 6 amide bonds. The van der Waals surface area contributed by atoms with Crippen molar-refractivity contribution in [1.29, 1.82) is 0 Å². The Bertz CT molecular complexity index is 1300. The van der Waals surface area contributed by atoms with Gasteiger partial charge in [0.1, 0.15) is 24.7 Å². The quantitative estimate of drug-likeness (QED) is 0.0945. The van der Waals surface area contributed by atoms with Crippen LogP contribution in [-0.2, 0) is 40.1 Å². The fourth-order valence-electron chi connectivity index (χ4n) is 4.03. The van der Waals surface area contributed by atoms with Crippen molar-refractivity contribution >= 4 is 47.3 Å². The number of nitrogens with two attached hydrogens (primary N) is 1. The molecule has 0 aliphatic carbocycles. The van der Waals surface area contributed by atoms with Gasteiger partial charge in [-0.05, 0) is 63.6 Å². The second-order valence-electron chi connectivity index (χ2n) is 13.9. The number of aliphatic carboxylic acids is 1. The van der Waals surface area contributed by atoms with Crippen molar-refractivity contribution in [3.8, 4) is 0 Å². The number of nitrogens with one attached hydrogen (secondary N) is 5. The lowest BCUT2D eigenvalue weighted by Gasteiger charge is -2.28. The van der Waals surface area contributed by atoms with Crippen molar-refractivity contribution in [2.45, 2.75) is 106 Å². The minimum atomic E-state index is -1.22. The molecule has 0 heterocycles. The highest BCUT2D eigenvalue weighted by molar-refractivity contribution is 5.99. The summed E-state index contributed by atoms with van der Waals surface area (Å²) in [5, 5.41) is 22.2. The van der Waals surface area contributed by atoms with Crippen LogP contribution in [0.2, 0.25) is 0 Å². The van der Waals surface area contributed by atoms with Crippen molar-refractivity contribution in [3.63, 3.8) is 0 Å². The van der Waals surface area contributed by atoms with E-state index in [-0.39, 0.29) is 38.4 Å². The number of hydrogen-bond acceptors (Lipinski definition) is 8. The number of carboxylic acids is 1. The summed E-state index contributed by atoms with van der Waals surface area (Å²) in [6.45, 7) is 13.7. The molecule has 268 valence electrons. The number of hydrogen-bond donors (Lipinski definition) is 7. The summed E-state index contributed by atoms with van der Waals surface area (Å²) in [7, 11) is 0. The van der Waals surface area contributed by atoms with E-state index in [1.54, 1.807) is 79.7 Å². The van der Waals surface area contributed by atoms with Gasteiger partial charge in [0.05, 0.1) is 5.41 Å². The Labute approximate surface area is 281 Å². The first-order chi connectivity index (χ1) is 22.1. The number of esters is 1. The lowest BCUT2D eigenvalue weighted by Crippen LogP contribution is -2.58. The number of amides is 6. The fraction of sp³-hybridized carbons (Fsp3) is 0.606. The Hall–Kier alpha value is -4.69. The van der Waals surface area contributed by atoms with Crippen LogP contribution in [0, 0.1) is 16.7 Å². The van der Waals surface area contributed by atoms with Crippen LogP contribution >= 0.6 is 0 Å². The topological polar surface area (TPSA) is 235 Å². The van der Waals surface area contributed by atoms with E-state index >= 15 is 0 Å². The number of rotatable bonds is 17. The average molecular weight is 677 g/mol. The summed E-state index contributed by atoms with van der Waals surface area (Å²) < 4.78 is 5.32. The number of urea groups is 1. The molecule has 0 saturated heterocycles. The SMILES string of the molecule is CC(C)[C@H](NC(=O)[C@@H](CCC(=O)O)NC(=O)C(C)(C)C)C(=O)N[C@@H](CCCNC(N)=O)C(=O)Nc1ccc(COC(=O)C(C)(C)C)cc1. The van der Waals surface area contributed by atoms with E-state index in [4.69, 9.17) is 15.6 Å². The number of carbonyl (C=O) groups is 7. The lowest BCUT2D eigenvalue weighted by molar-refractivity contribution is -0.154. The van der Waals surface area contributed by atoms with E-state index in [1.807, 2.05) is 0 Å². The molecule has 0 aliphatic rings. The monoisotopic (exact) mass is 676 g/mol. The van der Waals surface area contributed by atoms with Crippen LogP contribution < -0.4 is 32.3 Å². The maximum atomic E-state index is 13.5. The van der Waals surface area contributed by atoms with E-state index in [9.17, 15) is 33.6 Å². The number of carboxylic acid groups (broad SMARTS) is 1. The van der Waals surface area contributed by atoms with Gasteiger partial charge in [-0.1, -0.05) is 46.8 Å². The minimum absolute atomic E-state index is 0.0508. The molecule has 1 aromatic carbocycles. The number of anilines is 1. The predicted molar refractivity (Wildman–Crippen MR) is 178 cm³/mol. The Morgan fingerprint density at radius 1 is 0.792 bits per heavy atom. The molecule has 0 aliphatic heterocycles. The molecule has 1 rings (SSSR count). The molecule has 0 fully saturated rings. The zero-order valence-corrected chi connectivity index (χ0v) is 29.2. The molecule has 48 heavy (non-hydrogen) atoms. The van der Waals surface area contributed by atoms with Crippen LogP contribution in [0.15, 0.2) is 24.3 Å². The summed E-state index contributed by atoms with van der Waals surface area (Å²) in [6.07, 6.45) is -0.231. The molecule has 0 aromatic heterocycles. The molecule has 8 N–H and O–H groups in total. The molecular weight excluding hydrogens is 624 g/mol. The second kappa shape index (κ2) is 18.6. The van der Waals surface area contributed by atoms with Gasteiger partial charge < -0.3 is 42.2 Å². The van der Waals surface area contributed by atoms with E-state index < -0.39 is 76.9 Å². The van der Waals surface area contributed by atoms with E-state index in [0.29, 0.717) is 11.3 Å². The van der Waals surface area contributed by atoms with Crippen molar-refractivity contribution in [3.05, 3.63) is 29.8 Å². The Morgan fingerprint density at radius 3 is 1.88 bits per heavy atom. The third-order valence-electron chi connectivity index (χ3n) is 7.00. The van der Waals surface area contributed by atoms with Crippen LogP contribution in [0.5, 0.6) is 0 Å². The van der Waals surface area contributed by atoms with Crippen molar-refractivity contribution < 1.29 is 43.4 Å². The molecule has 15 heteroatoms. The molecule has 0 bridgehead atoms. The maximum Gasteiger partial charge on any atom is 0.312 e. The van der Waals surface area contributed by atoms with E-state index in [0.717, 1.165) is 0 Å². The maximum absolute atomic E-state index is 13.5. The molecule has 0 radical (unpaired) electrons. The van der Waals surface area contributed by atoms with Gasteiger partial charge in [0.2, 0.25) is 23.6 Å². The van der Waals surface area contributed by atoms with Crippen LogP contribution in [0.1, 0.15) is 86.6 Å². The number of benzene rings is 1. The van der Waals surface area contributed by atoms with Crippen molar-refractivity contribution in [1.82, 2.24) is 21.3 Å².